The van der Waals surface area contributed by atoms with Gasteiger partial charge in [-0.15, -0.1) is 0 Å². The number of likely N-dealkylation sites (tertiary alicyclic amines) is 1. The summed E-state index contributed by atoms with van der Waals surface area (Å²) in [6, 6.07) is 0. The van der Waals surface area contributed by atoms with Gasteiger partial charge in [0, 0.05) is 6.54 Å². The number of rotatable bonds is 4. The summed E-state index contributed by atoms with van der Waals surface area (Å²) < 4.78 is 4.54. The third-order valence-electron chi connectivity index (χ3n) is 2.80. The van der Waals surface area contributed by atoms with Crippen molar-refractivity contribution in [3.05, 3.63) is 0 Å². The monoisotopic (exact) mass is 215 g/mol. The van der Waals surface area contributed by atoms with Crippen molar-refractivity contribution in [1.82, 2.24) is 4.90 Å². The van der Waals surface area contributed by atoms with E-state index in [1.165, 1.54) is 7.11 Å². The quantitative estimate of drug-likeness (QED) is 0.685. The van der Waals surface area contributed by atoms with E-state index >= 15 is 0 Å². The first-order valence-electron chi connectivity index (χ1n) is 5.15. The third-order valence-corrected chi connectivity index (χ3v) is 2.80. The van der Waals surface area contributed by atoms with Crippen molar-refractivity contribution in [2.45, 2.75) is 19.3 Å². The average Bonchev–Trinajstić information content (AvgIpc) is 2.26. The molecule has 0 aliphatic carbocycles. The smallest absolute Gasteiger partial charge is 0.306 e. The molecule has 1 fully saturated rings. The number of carboxylic acids is 1. The Morgan fingerprint density at radius 1 is 1.40 bits per heavy atom. The second-order valence-corrected chi connectivity index (χ2v) is 3.78. The van der Waals surface area contributed by atoms with E-state index in [0.29, 0.717) is 25.8 Å². The van der Waals surface area contributed by atoms with E-state index in [1.807, 2.05) is 0 Å². The van der Waals surface area contributed by atoms with Gasteiger partial charge in [0.05, 0.1) is 19.4 Å². The maximum absolute atomic E-state index is 10.9. The number of aliphatic carboxylic acids is 1. The zero-order chi connectivity index (χ0) is 11.3. The summed E-state index contributed by atoms with van der Waals surface area (Å²) in [5.74, 6) is -1.13. The maximum atomic E-state index is 10.9. The van der Waals surface area contributed by atoms with Crippen LogP contribution in [0.25, 0.3) is 0 Å². The first-order chi connectivity index (χ1) is 7.13. The number of piperidine rings is 1. The molecule has 0 radical (unpaired) electrons. The molecule has 0 aromatic carbocycles. The van der Waals surface area contributed by atoms with Crippen molar-refractivity contribution >= 4 is 11.9 Å². The fraction of sp³-hybridized carbons (Fsp3) is 0.800. The lowest BCUT2D eigenvalue weighted by Gasteiger charge is -2.29. The fourth-order valence-electron chi connectivity index (χ4n) is 1.75. The minimum Gasteiger partial charge on any atom is -0.481 e. The van der Waals surface area contributed by atoms with Crippen LogP contribution in [0.3, 0.4) is 0 Å². The van der Waals surface area contributed by atoms with Crippen LogP contribution in [0.5, 0.6) is 0 Å². The molecular weight excluding hydrogens is 198 g/mol. The van der Waals surface area contributed by atoms with Crippen molar-refractivity contribution in [1.29, 1.82) is 0 Å². The molecule has 0 unspecified atom stereocenters. The van der Waals surface area contributed by atoms with Crippen LogP contribution in [0.4, 0.5) is 0 Å². The summed E-state index contributed by atoms with van der Waals surface area (Å²) >= 11 is 0. The first kappa shape index (κ1) is 12.0. The number of ether oxygens (including phenoxy) is 1. The predicted molar refractivity (Wildman–Crippen MR) is 53.4 cm³/mol. The number of hydrogen-bond donors (Lipinski definition) is 1. The van der Waals surface area contributed by atoms with Gasteiger partial charge in [0.25, 0.3) is 0 Å². The van der Waals surface area contributed by atoms with E-state index in [1.54, 1.807) is 0 Å². The molecule has 1 rings (SSSR count). The van der Waals surface area contributed by atoms with Crippen LogP contribution in [0.1, 0.15) is 19.3 Å². The van der Waals surface area contributed by atoms with Gasteiger partial charge in [-0.2, -0.15) is 0 Å². The van der Waals surface area contributed by atoms with Gasteiger partial charge in [-0.3, -0.25) is 9.59 Å². The average molecular weight is 215 g/mol. The van der Waals surface area contributed by atoms with E-state index < -0.39 is 5.97 Å². The normalized spacial score (nSPS) is 18.7. The summed E-state index contributed by atoms with van der Waals surface area (Å²) in [6.45, 7) is 2.18. The Morgan fingerprint density at radius 2 is 2.00 bits per heavy atom. The highest BCUT2D eigenvalue weighted by atomic mass is 16.5. The van der Waals surface area contributed by atoms with Crippen LogP contribution in [0, 0.1) is 5.92 Å². The minimum absolute atomic E-state index is 0.209. The van der Waals surface area contributed by atoms with Crippen LogP contribution in [0.2, 0.25) is 0 Å². The lowest BCUT2D eigenvalue weighted by Crippen LogP contribution is -2.37. The van der Waals surface area contributed by atoms with E-state index in [4.69, 9.17) is 5.11 Å². The Morgan fingerprint density at radius 3 is 2.47 bits per heavy atom. The molecule has 1 aliphatic rings. The molecule has 1 saturated heterocycles. The molecule has 1 heterocycles. The summed E-state index contributed by atoms with van der Waals surface area (Å²) in [5, 5.41) is 8.79. The molecule has 1 aliphatic heterocycles. The number of carbonyl (C=O) groups excluding carboxylic acids is 1. The molecule has 0 spiro atoms. The van der Waals surface area contributed by atoms with Gasteiger partial charge in [0.2, 0.25) is 0 Å². The molecule has 1 N–H and O–H groups in total. The number of nitrogens with zero attached hydrogens (tertiary/aromatic N) is 1. The van der Waals surface area contributed by atoms with E-state index in [-0.39, 0.29) is 11.9 Å². The van der Waals surface area contributed by atoms with Gasteiger partial charge in [-0.05, 0) is 25.9 Å². The molecule has 5 heteroatoms. The zero-order valence-corrected chi connectivity index (χ0v) is 8.94. The Balaban J connectivity index is 2.20. The molecule has 0 atom stereocenters. The van der Waals surface area contributed by atoms with Crippen molar-refractivity contribution in [3.63, 3.8) is 0 Å². The van der Waals surface area contributed by atoms with Gasteiger partial charge >= 0.3 is 11.9 Å². The van der Waals surface area contributed by atoms with Crippen LogP contribution in [-0.4, -0.2) is 48.7 Å². The van der Waals surface area contributed by atoms with Crippen LogP contribution in [0.15, 0.2) is 0 Å². The van der Waals surface area contributed by atoms with E-state index in [9.17, 15) is 9.59 Å². The summed E-state index contributed by atoms with van der Waals surface area (Å²) in [7, 11) is 1.37. The first-order valence-corrected chi connectivity index (χ1v) is 5.15. The standard InChI is InChI=1S/C10H17NO4/c1-15-9(12)4-7-11-5-2-8(3-6-11)10(13)14/h8H,2-7H2,1H3,(H,13,14). The molecular formula is C10H17NO4. The molecule has 0 aromatic rings. The molecule has 0 aromatic heterocycles. The van der Waals surface area contributed by atoms with Crippen molar-refractivity contribution in [2.75, 3.05) is 26.7 Å². The molecule has 5 nitrogen and oxygen atoms in total. The summed E-state index contributed by atoms with van der Waals surface area (Å²) in [4.78, 5) is 23.7. The topological polar surface area (TPSA) is 66.8 Å². The summed E-state index contributed by atoms with van der Waals surface area (Å²) in [6.07, 6.45) is 1.74. The molecule has 0 bridgehead atoms. The Hall–Kier alpha value is -1.10. The van der Waals surface area contributed by atoms with Crippen molar-refractivity contribution < 1.29 is 19.4 Å². The molecule has 0 amide bonds. The predicted octanol–water partition coefficient (Wildman–Crippen LogP) is 0.346. The SMILES string of the molecule is COC(=O)CCN1CCC(C(=O)O)CC1. The van der Waals surface area contributed by atoms with Gasteiger partial charge in [0.1, 0.15) is 0 Å². The number of hydrogen-bond acceptors (Lipinski definition) is 4. The second kappa shape index (κ2) is 5.70. The fourth-order valence-corrected chi connectivity index (χ4v) is 1.75. The van der Waals surface area contributed by atoms with E-state index in [2.05, 4.69) is 9.64 Å². The van der Waals surface area contributed by atoms with Crippen LogP contribution < -0.4 is 0 Å². The zero-order valence-electron chi connectivity index (χ0n) is 8.94. The van der Waals surface area contributed by atoms with Gasteiger partial charge in [-0.1, -0.05) is 0 Å². The van der Waals surface area contributed by atoms with Crippen molar-refractivity contribution in [2.24, 2.45) is 5.92 Å². The number of methoxy groups -OCH3 is 1. The molecule has 86 valence electrons. The van der Waals surface area contributed by atoms with Gasteiger partial charge in [0.15, 0.2) is 0 Å². The Kier molecular flexibility index (Phi) is 4.55. The van der Waals surface area contributed by atoms with Gasteiger partial charge < -0.3 is 14.7 Å². The highest BCUT2D eigenvalue weighted by Gasteiger charge is 2.24. The maximum Gasteiger partial charge on any atom is 0.306 e. The highest BCUT2D eigenvalue weighted by molar-refractivity contribution is 5.70. The lowest BCUT2D eigenvalue weighted by atomic mass is 9.97. The molecule has 15 heavy (non-hydrogen) atoms. The van der Waals surface area contributed by atoms with Crippen LogP contribution >= 0.6 is 0 Å². The highest BCUT2D eigenvalue weighted by Crippen LogP contribution is 2.17. The van der Waals surface area contributed by atoms with Crippen molar-refractivity contribution in [3.8, 4) is 0 Å². The van der Waals surface area contributed by atoms with E-state index in [0.717, 1.165) is 13.1 Å². The Bertz CT molecular complexity index is 234. The third kappa shape index (κ3) is 3.87. The lowest BCUT2D eigenvalue weighted by molar-refractivity contribution is -0.144. The summed E-state index contributed by atoms with van der Waals surface area (Å²) in [5.41, 5.74) is 0. The second-order valence-electron chi connectivity index (χ2n) is 3.78. The number of carbonyl (C=O) groups is 2. The number of esters is 1. The largest absolute Gasteiger partial charge is 0.481 e. The van der Waals surface area contributed by atoms with Gasteiger partial charge in [-0.25, -0.2) is 0 Å². The Labute approximate surface area is 89.0 Å². The number of carboxylic acid groups (broad SMARTS) is 1. The molecule has 0 saturated carbocycles. The van der Waals surface area contributed by atoms with Crippen LogP contribution in [-0.2, 0) is 14.3 Å². The minimum atomic E-state index is -0.706.